The number of hydrogen-bond acceptors (Lipinski definition) is 4. The zero-order valence-electron chi connectivity index (χ0n) is 12.8. The van der Waals surface area contributed by atoms with Crippen molar-refractivity contribution in [2.24, 2.45) is 13.0 Å². The second-order valence-electron chi connectivity index (χ2n) is 5.84. The van der Waals surface area contributed by atoms with Crippen LogP contribution >= 0.6 is 0 Å². The number of rotatable bonds is 3. The Morgan fingerprint density at radius 3 is 2.68 bits per heavy atom. The van der Waals surface area contributed by atoms with Crippen LogP contribution in [0.5, 0.6) is 0 Å². The molecule has 3 heterocycles. The molecular formula is C16H20N4O2. The first-order valence-corrected chi connectivity index (χ1v) is 7.40. The lowest BCUT2D eigenvalue weighted by atomic mass is 9.90. The molecule has 2 aromatic rings. The van der Waals surface area contributed by atoms with Crippen molar-refractivity contribution >= 4 is 5.91 Å². The van der Waals surface area contributed by atoms with E-state index in [1.54, 1.807) is 23.3 Å². The Morgan fingerprint density at radius 1 is 1.36 bits per heavy atom. The van der Waals surface area contributed by atoms with Gasteiger partial charge < -0.3 is 10.0 Å². The number of carbonyl (C=O) groups excluding carboxylic acids is 1. The summed E-state index contributed by atoms with van der Waals surface area (Å²) in [5.41, 5.74) is 2.49. The molecule has 2 aromatic heterocycles. The lowest BCUT2D eigenvalue weighted by Crippen LogP contribution is -2.29. The summed E-state index contributed by atoms with van der Waals surface area (Å²) in [5.74, 6) is 0.192. The van der Waals surface area contributed by atoms with Crippen LogP contribution in [0.15, 0.2) is 30.7 Å². The van der Waals surface area contributed by atoms with Gasteiger partial charge in [0.05, 0.1) is 11.3 Å². The van der Waals surface area contributed by atoms with Crippen molar-refractivity contribution in [3.05, 3.63) is 47.5 Å². The molecule has 1 N–H and O–H groups in total. The molecule has 1 fully saturated rings. The third-order valence-electron chi connectivity index (χ3n) is 4.34. The fourth-order valence-corrected chi connectivity index (χ4v) is 3.19. The van der Waals surface area contributed by atoms with Gasteiger partial charge in [-0.3, -0.25) is 14.5 Å². The fraction of sp³-hybridized carbons (Fsp3) is 0.438. The number of carbonyl (C=O) groups is 1. The molecule has 0 spiro atoms. The van der Waals surface area contributed by atoms with Gasteiger partial charge in [-0.2, -0.15) is 5.10 Å². The van der Waals surface area contributed by atoms with E-state index >= 15 is 0 Å². The Kier molecular flexibility index (Phi) is 3.94. The number of nitrogens with zero attached hydrogens (tertiary/aromatic N) is 4. The third-order valence-corrected chi connectivity index (χ3v) is 4.34. The number of likely N-dealkylation sites (tertiary alicyclic amines) is 1. The second kappa shape index (κ2) is 5.88. The maximum absolute atomic E-state index is 12.7. The zero-order chi connectivity index (χ0) is 15.7. The number of aliphatic hydroxyl groups is 1. The predicted octanol–water partition coefficient (Wildman–Crippen LogP) is 0.972. The van der Waals surface area contributed by atoms with Crippen LogP contribution in [0.25, 0.3) is 0 Å². The van der Waals surface area contributed by atoms with E-state index < -0.39 is 0 Å². The molecule has 0 saturated carbocycles. The van der Waals surface area contributed by atoms with Crippen molar-refractivity contribution < 1.29 is 9.90 Å². The van der Waals surface area contributed by atoms with Crippen molar-refractivity contribution in [3.63, 3.8) is 0 Å². The van der Waals surface area contributed by atoms with Crippen LogP contribution in [0.3, 0.4) is 0 Å². The molecule has 116 valence electrons. The molecule has 2 atom stereocenters. The van der Waals surface area contributed by atoms with Gasteiger partial charge in [0.25, 0.3) is 5.91 Å². The Morgan fingerprint density at radius 2 is 2.09 bits per heavy atom. The molecular weight excluding hydrogens is 280 g/mol. The van der Waals surface area contributed by atoms with Crippen LogP contribution < -0.4 is 0 Å². The first-order valence-electron chi connectivity index (χ1n) is 7.40. The Balaban J connectivity index is 1.82. The molecule has 1 saturated heterocycles. The molecule has 1 aliphatic rings. The smallest absolute Gasteiger partial charge is 0.257 e. The minimum absolute atomic E-state index is 0.0133. The van der Waals surface area contributed by atoms with Gasteiger partial charge in [-0.1, -0.05) is 0 Å². The molecule has 3 rings (SSSR count). The van der Waals surface area contributed by atoms with Gasteiger partial charge in [-0.25, -0.2) is 0 Å². The highest BCUT2D eigenvalue weighted by molar-refractivity contribution is 5.95. The highest BCUT2D eigenvalue weighted by Crippen LogP contribution is 2.33. The third kappa shape index (κ3) is 2.62. The van der Waals surface area contributed by atoms with Crippen LogP contribution in [0.4, 0.5) is 0 Å². The van der Waals surface area contributed by atoms with E-state index in [2.05, 4.69) is 10.1 Å². The van der Waals surface area contributed by atoms with Crippen LogP contribution in [0.1, 0.15) is 27.5 Å². The SMILES string of the molecule is Cc1nn(C)cc1C(=O)N1C[C@@H](CO)[C@H](c2ccncc2)C1. The summed E-state index contributed by atoms with van der Waals surface area (Å²) in [7, 11) is 1.81. The molecule has 22 heavy (non-hydrogen) atoms. The topological polar surface area (TPSA) is 71.2 Å². The average Bonchev–Trinajstić information content (AvgIpc) is 3.10. The summed E-state index contributed by atoms with van der Waals surface area (Å²) in [6.07, 6.45) is 5.25. The van der Waals surface area contributed by atoms with Crippen molar-refractivity contribution in [2.45, 2.75) is 12.8 Å². The van der Waals surface area contributed by atoms with E-state index in [0.29, 0.717) is 18.7 Å². The van der Waals surface area contributed by atoms with Gasteiger partial charge in [0.15, 0.2) is 0 Å². The molecule has 0 bridgehead atoms. The minimum atomic E-state index is -0.0133. The zero-order valence-corrected chi connectivity index (χ0v) is 12.8. The Bertz CT molecular complexity index is 668. The fourth-order valence-electron chi connectivity index (χ4n) is 3.19. The predicted molar refractivity (Wildman–Crippen MR) is 81.4 cm³/mol. The van der Waals surface area contributed by atoms with E-state index in [1.165, 1.54) is 0 Å². The Labute approximate surface area is 129 Å². The van der Waals surface area contributed by atoms with Crippen molar-refractivity contribution in [1.82, 2.24) is 19.7 Å². The van der Waals surface area contributed by atoms with Crippen molar-refractivity contribution in [3.8, 4) is 0 Å². The monoisotopic (exact) mass is 300 g/mol. The molecule has 0 unspecified atom stereocenters. The van der Waals surface area contributed by atoms with Gasteiger partial charge in [0.2, 0.25) is 0 Å². The molecule has 6 heteroatoms. The number of aliphatic hydroxyl groups excluding tert-OH is 1. The summed E-state index contributed by atoms with van der Waals surface area (Å²) in [5, 5.41) is 13.9. The minimum Gasteiger partial charge on any atom is -0.396 e. The van der Waals surface area contributed by atoms with E-state index in [4.69, 9.17) is 0 Å². The summed E-state index contributed by atoms with van der Waals surface area (Å²) in [6, 6.07) is 3.91. The summed E-state index contributed by atoms with van der Waals surface area (Å²) in [6.45, 7) is 3.09. The van der Waals surface area contributed by atoms with Gasteiger partial charge in [-0.15, -0.1) is 0 Å². The number of pyridine rings is 1. The number of aromatic nitrogens is 3. The molecule has 0 aromatic carbocycles. The molecule has 6 nitrogen and oxygen atoms in total. The first-order chi connectivity index (χ1) is 10.6. The summed E-state index contributed by atoms with van der Waals surface area (Å²) < 4.78 is 1.66. The molecule has 0 radical (unpaired) electrons. The quantitative estimate of drug-likeness (QED) is 0.917. The van der Waals surface area contributed by atoms with E-state index in [0.717, 1.165) is 11.3 Å². The van der Waals surface area contributed by atoms with Crippen LogP contribution in [-0.2, 0) is 7.05 Å². The number of amides is 1. The maximum Gasteiger partial charge on any atom is 0.257 e. The highest BCUT2D eigenvalue weighted by atomic mass is 16.3. The summed E-state index contributed by atoms with van der Waals surface area (Å²) in [4.78, 5) is 18.5. The first kappa shape index (κ1) is 14.7. The van der Waals surface area contributed by atoms with Crippen molar-refractivity contribution in [2.75, 3.05) is 19.7 Å². The standard InChI is InChI=1S/C16H20N4O2/c1-11-14(8-19(2)18-11)16(22)20-7-13(10-21)15(9-20)12-3-5-17-6-4-12/h3-6,8,13,15,21H,7,9-10H2,1-2H3/t13-,15-/m0/s1. The molecule has 1 aliphatic heterocycles. The van der Waals surface area contributed by atoms with Gasteiger partial charge in [-0.05, 0) is 24.6 Å². The van der Waals surface area contributed by atoms with E-state index in [9.17, 15) is 9.90 Å². The van der Waals surface area contributed by atoms with E-state index in [1.807, 2.05) is 31.0 Å². The van der Waals surface area contributed by atoms with Crippen LogP contribution in [0.2, 0.25) is 0 Å². The highest BCUT2D eigenvalue weighted by Gasteiger charge is 2.36. The van der Waals surface area contributed by atoms with Gasteiger partial charge in [0, 0.05) is 57.2 Å². The second-order valence-corrected chi connectivity index (χ2v) is 5.84. The van der Waals surface area contributed by atoms with Crippen LogP contribution in [0, 0.1) is 12.8 Å². The average molecular weight is 300 g/mol. The number of hydrogen-bond donors (Lipinski definition) is 1. The van der Waals surface area contributed by atoms with Crippen molar-refractivity contribution in [1.29, 1.82) is 0 Å². The maximum atomic E-state index is 12.7. The lowest BCUT2D eigenvalue weighted by Gasteiger charge is -2.16. The van der Waals surface area contributed by atoms with Gasteiger partial charge in [0.1, 0.15) is 0 Å². The van der Waals surface area contributed by atoms with E-state index in [-0.39, 0.29) is 24.3 Å². The Hall–Kier alpha value is -2.21. The number of aryl methyl sites for hydroxylation is 2. The largest absolute Gasteiger partial charge is 0.396 e. The molecule has 0 aliphatic carbocycles. The normalized spacial score (nSPS) is 21.3. The van der Waals surface area contributed by atoms with Crippen LogP contribution in [-0.4, -0.2) is 50.4 Å². The summed E-state index contributed by atoms with van der Waals surface area (Å²) >= 11 is 0. The van der Waals surface area contributed by atoms with Gasteiger partial charge >= 0.3 is 0 Å². The molecule has 1 amide bonds. The lowest BCUT2D eigenvalue weighted by molar-refractivity contribution is 0.0780.